The summed E-state index contributed by atoms with van der Waals surface area (Å²) in [6.45, 7) is 16.4. The average molecular weight is 325 g/mol. The number of rotatable bonds is 4. The number of halogens is 1. The van der Waals surface area contributed by atoms with Gasteiger partial charge in [-0.1, -0.05) is 17.7 Å². The van der Waals surface area contributed by atoms with Gasteiger partial charge in [0, 0.05) is 38.3 Å². The topological polar surface area (TPSA) is 15.7 Å². The standard InChI is InChI=1S/C18H29ClN2O/c1-14(2)22-17-12-15(6-7-16(17)19)13-20-8-10-21(11-9-20)18(3,4)5/h6-7,12,14H,8-11,13H2,1-5H3. The van der Waals surface area contributed by atoms with Crippen molar-refractivity contribution in [3.63, 3.8) is 0 Å². The quantitative estimate of drug-likeness (QED) is 0.831. The van der Waals surface area contributed by atoms with Crippen LogP contribution < -0.4 is 4.74 Å². The molecule has 0 bridgehead atoms. The van der Waals surface area contributed by atoms with Crippen molar-refractivity contribution in [2.75, 3.05) is 26.2 Å². The van der Waals surface area contributed by atoms with E-state index >= 15 is 0 Å². The van der Waals surface area contributed by atoms with E-state index in [9.17, 15) is 0 Å². The van der Waals surface area contributed by atoms with Gasteiger partial charge in [0.2, 0.25) is 0 Å². The van der Waals surface area contributed by atoms with Gasteiger partial charge in [-0.15, -0.1) is 0 Å². The Hall–Kier alpha value is -0.770. The first-order chi connectivity index (χ1) is 10.3. The zero-order valence-corrected chi connectivity index (χ0v) is 15.3. The molecule has 0 unspecified atom stereocenters. The Labute approximate surface area is 140 Å². The van der Waals surface area contributed by atoms with Gasteiger partial charge in [-0.25, -0.2) is 0 Å². The van der Waals surface area contributed by atoms with Crippen LogP contribution in [-0.4, -0.2) is 47.6 Å². The van der Waals surface area contributed by atoms with Gasteiger partial charge in [0.1, 0.15) is 5.75 Å². The lowest BCUT2D eigenvalue weighted by atomic mass is 10.0. The summed E-state index contributed by atoms with van der Waals surface area (Å²) in [5.41, 5.74) is 1.54. The first-order valence-corrected chi connectivity index (χ1v) is 8.56. The highest BCUT2D eigenvalue weighted by Crippen LogP contribution is 2.27. The molecule has 4 heteroatoms. The third-order valence-corrected chi connectivity index (χ3v) is 4.40. The molecule has 0 atom stereocenters. The largest absolute Gasteiger partial charge is 0.489 e. The fourth-order valence-corrected chi connectivity index (χ4v) is 2.99. The Morgan fingerprint density at radius 1 is 1.14 bits per heavy atom. The molecule has 1 fully saturated rings. The molecule has 1 aromatic carbocycles. The highest BCUT2D eigenvalue weighted by atomic mass is 35.5. The molecule has 2 rings (SSSR count). The van der Waals surface area contributed by atoms with E-state index in [0.717, 1.165) is 38.5 Å². The van der Waals surface area contributed by atoms with Crippen molar-refractivity contribution in [2.45, 2.75) is 52.8 Å². The van der Waals surface area contributed by atoms with Crippen molar-refractivity contribution >= 4 is 11.6 Å². The second kappa shape index (κ2) is 7.20. The van der Waals surface area contributed by atoms with Crippen molar-refractivity contribution in [3.8, 4) is 5.75 Å². The van der Waals surface area contributed by atoms with Crippen LogP contribution in [0.4, 0.5) is 0 Å². The SMILES string of the molecule is CC(C)Oc1cc(CN2CCN(C(C)(C)C)CC2)ccc1Cl. The third-order valence-electron chi connectivity index (χ3n) is 4.09. The lowest BCUT2D eigenvalue weighted by molar-refractivity contribution is 0.0590. The summed E-state index contributed by atoms with van der Waals surface area (Å²) in [4.78, 5) is 5.06. The number of hydrogen-bond acceptors (Lipinski definition) is 3. The van der Waals surface area contributed by atoms with Gasteiger partial charge in [-0.3, -0.25) is 9.80 Å². The van der Waals surface area contributed by atoms with E-state index in [4.69, 9.17) is 16.3 Å². The van der Waals surface area contributed by atoms with Gasteiger partial charge in [-0.2, -0.15) is 0 Å². The molecule has 0 aliphatic carbocycles. The molecule has 3 nitrogen and oxygen atoms in total. The van der Waals surface area contributed by atoms with Crippen molar-refractivity contribution in [1.82, 2.24) is 9.80 Å². The molecule has 1 aromatic rings. The van der Waals surface area contributed by atoms with Gasteiger partial charge in [0.15, 0.2) is 0 Å². The lowest BCUT2D eigenvalue weighted by Crippen LogP contribution is -2.53. The van der Waals surface area contributed by atoms with E-state index in [1.807, 2.05) is 19.9 Å². The van der Waals surface area contributed by atoms with Gasteiger partial charge in [0.05, 0.1) is 11.1 Å². The van der Waals surface area contributed by atoms with Crippen LogP contribution in [-0.2, 0) is 6.54 Å². The summed E-state index contributed by atoms with van der Waals surface area (Å²) in [6, 6.07) is 6.13. The molecule has 0 spiro atoms. The Kier molecular flexibility index (Phi) is 5.76. The zero-order chi connectivity index (χ0) is 16.3. The van der Waals surface area contributed by atoms with Crippen molar-refractivity contribution in [2.24, 2.45) is 0 Å². The smallest absolute Gasteiger partial charge is 0.138 e. The Morgan fingerprint density at radius 2 is 1.77 bits per heavy atom. The van der Waals surface area contributed by atoms with Gasteiger partial charge in [-0.05, 0) is 52.3 Å². The maximum absolute atomic E-state index is 6.21. The number of ether oxygens (including phenoxy) is 1. The maximum atomic E-state index is 6.21. The van der Waals surface area contributed by atoms with Crippen molar-refractivity contribution in [3.05, 3.63) is 28.8 Å². The first kappa shape index (κ1) is 17.6. The predicted molar refractivity (Wildman–Crippen MR) is 93.8 cm³/mol. The minimum absolute atomic E-state index is 0.142. The van der Waals surface area contributed by atoms with E-state index in [1.54, 1.807) is 0 Å². The minimum atomic E-state index is 0.142. The number of benzene rings is 1. The average Bonchev–Trinajstić information content (AvgIpc) is 2.41. The lowest BCUT2D eigenvalue weighted by Gasteiger charge is -2.42. The van der Waals surface area contributed by atoms with E-state index in [1.165, 1.54) is 5.56 Å². The molecular formula is C18H29ClN2O. The molecule has 1 saturated heterocycles. The molecule has 1 aliphatic rings. The predicted octanol–water partition coefficient (Wildman–Crippen LogP) is 4.04. The van der Waals surface area contributed by atoms with Gasteiger partial charge in [0.25, 0.3) is 0 Å². The van der Waals surface area contributed by atoms with Crippen LogP contribution >= 0.6 is 11.6 Å². The molecule has 1 heterocycles. The third kappa shape index (κ3) is 4.87. The molecule has 124 valence electrons. The fourth-order valence-electron chi connectivity index (χ4n) is 2.83. The van der Waals surface area contributed by atoms with Crippen LogP contribution in [0.2, 0.25) is 5.02 Å². The van der Waals surface area contributed by atoms with Crippen LogP contribution in [0.15, 0.2) is 18.2 Å². The number of nitrogens with zero attached hydrogens (tertiary/aromatic N) is 2. The molecule has 0 saturated carbocycles. The highest BCUT2D eigenvalue weighted by Gasteiger charge is 2.25. The molecular weight excluding hydrogens is 296 g/mol. The first-order valence-electron chi connectivity index (χ1n) is 8.18. The Balaban J connectivity index is 1.95. The summed E-state index contributed by atoms with van der Waals surface area (Å²) in [7, 11) is 0. The van der Waals surface area contributed by atoms with E-state index < -0.39 is 0 Å². The summed E-state index contributed by atoms with van der Waals surface area (Å²) < 4.78 is 5.78. The Morgan fingerprint density at radius 3 is 2.32 bits per heavy atom. The molecule has 1 aliphatic heterocycles. The highest BCUT2D eigenvalue weighted by molar-refractivity contribution is 6.32. The number of hydrogen-bond donors (Lipinski definition) is 0. The minimum Gasteiger partial charge on any atom is -0.489 e. The molecule has 0 radical (unpaired) electrons. The second-order valence-corrected chi connectivity index (χ2v) is 7.77. The van der Waals surface area contributed by atoms with Crippen LogP contribution in [0.25, 0.3) is 0 Å². The van der Waals surface area contributed by atoms with Crippen molar-refractivity contribution < 1.29 is 4.74 Å². The molecule has 0 N–H and O–H groups in total. The summed E-state index contributed by atoms with van der Waals surface area (Å²) in [5.74, 6) is 0.794. The number of piperazine rings is 1. The van der Waals surface area contributed by atoms with Crippen LogP contribution in [0, 0.1) is 0 Å². The van der Waals surface area contributed by atoms with Crippen LogP contribution in [0.3, 0.4) is 0 Å². The van der Waals surface area contributed by atoms with Gasteiger partial charge >= 0.3 is 0 Å². The normalized spacial score (nSPS) is 18.0. The summed E-state index contributed by atoms with van der Waals surface area (Å²) >= 11 is 6.21. The summed E-state index contributed by atoms with van der Waals surface area (Å²) in [5, 5.41) is 0.690. The van der Waals surface area contributed by atoms with E-state index in [2.05, 4.69) is 42.7 Å². The molecule has 0 aromatic heterocycles. The molecule has 22 heavy (non-hydrogen) atoms. The molecule has 0 amide bonds. The maximum Gasteiger partial charge on any atom is 0.138 e. The van der Waals surface area contributed by atoms with Crippen LogP contribution in [0.5, 0.6) is 5.75 Å². The summed E-state index contributed by atoms with van der Waals surface area (Å²) in [6.07, 6.45) is 0.142. The van der Waals surface area contributed by atoms with Crippen LogP contribution in [0.1, 0.15) is 40.2 Å². The monoisotopic (exact) mass is 324 g/mol. The Bertz CT molecular complexity index is 488. The van der Waals surface area contributed by atoms with E-state index in [-0.39, 0.29) is 11.6 Å². The van der Waals surface area contributed by atoms with Crippen molar-refractivity contribution in [1.29, 1.82) is 0 Å². The zero-order valence-electron chi connectivity index (χ0n) is 14.5. The van der Waals surface area contributed by atoms with Gasteiger partial charge < -0.3 is 4.74 Å². The van der Waals surface area contributed by atoms with E-state index in [0.29, 0.717) is 5.02 Å². The fraction of sp³-hybridized carbons (Fsp3) is 0.667. The second-order valence-electron chi connectivity index (χ2n) is 7.37.